The van der Waals surface area contributed by atoms with E-state index < -0.39 is 35.8 Å². The third-order valence-corrected chi connectivity index (χ3v) is 10.2. The van der Waals surface area contributed by atoms with Gasteiger partial charge in [0.05, 0.1) is 6.61 Å². The second-order valence-electron chi connectivity index (χ2n) is 14.9. The van der Waals surface area contributed by atoms with Gasteiger partial charge in [-0.05, 0) is 19.3 Å². The topological polar surface area (TPSA) is 101 Å². The molecular formula is C43H82O6. The minimum Gasteiger partial charge on any atom is -0.440 e. The summed E-state index contributed by atoms with van der Waals surface area (Å²) in [6.07, 6.45) is 35.2. The van der Waals surface area contributed by atoms with Crippen molar-refractivity contribution in [3.8, 4) is 0 Å². The van der Waals surface area contributed by atoms with E-state index in [4.69, 9.17) is 4.74 Å². The van der Waals surface area contributed by atoms with Gasteiger partial charge in [-0.15, -0.1) is 0 Å². The fourth-order valence-corrected chi connectivity index (χ4v) is 6.96. The normalized spacial score (nSPS) is 12.3. The average Bonchev–Trinajstić information content (AvgIpc) is 3.10. The Bertz CT molecular complexity index is 719. The van der Waals surface area contributed by atoms with Gasteiger partial charge in [0.2, 0.25) is 0 Å². The summed E-state index contributed by atoms with van der Waals surface area (Å²) in [6, 6.07) is 0. The van der Waals surface area contributed by atoms with Crippen LogP contribution in [0.1, 0.15) is 239 Å². The van der Waals surface area contributed by atoms with Crippen LogP contribution in [0.2, 0.25) is 0 Å². The number of ether oxygens (including phenoxy) is 1. The molecule has 0 aliphatic heterocycles. The first-order valence-corrected chi connectivity index (χ1v) is 21.5. The SMILES string of the molecule is CCCCCCCCCCCCCCCCCC(=O)C(OC(=O)CCC)(C(=O)CCCCCCCCCCCCCCCCC)C(O)CO. The van der Waals surface area contributed by atoms with Crippen molar-refractivity contribution in [3.63, 3.8) is 0 Å². The lowest BCUT2D eigenvalue weighted by molar-refractivity contribution is -0.188. The second kappa shape index (κ2) is 35.1. The van der Waals surface area contributed by atoms with Gasteiger partial charge in [-0.1, -0.05) is 201 Å². The van der Waals surface area contributed by atoms with E-state index >= 15 is 0 Å². The Morgan fingerprint density at radius 2 is 0.694 bits per heavy atom. The number of aliphatic hydroxyl groups excluding tert-OH is 2. The molecular weight excluding hydrogens is 612 g/mol. The number of hydrogen-bond donors (Lipinski definition) is 2. The number of ketones is 2. The minimum absolute atomic E-state index is 0.0539. The number of Topliss-reactive ketones (excluding diaryl/α,β-unsaturated/α-hetero) is 2. The maximum Gasteiger partial charge on any atom is 0.307 e. The maximum absolute atomic E-state index is 13.6. The number of esters is 1. The van der Waals surface area contributed by atoms with Crippen molar-refractivity contribution in [2.24, 2.45) is 0 Å². The Kier molecular flexibility index (Phi) is 34.2. The largest absolute Gasteiger partial charge is 0.440 e. The quantitative estimate of drug-likeness (QED) is 0.0377. The standard InChI is InChI=1S/C43H82O6/c1-4-7-9-11-13-15-17-19-21-23-25-27-29-31-33-36-39(45)43(41(47)38-44,49-42(48)35-6-3)40(46)37-34-32-30-28-26-24-22-20-18-16-14-12-10-8-5-2/h41,44,47H,4-38H2,1-3H3. The second-order valence-corrected chi connectivity index (χ2v) is 14.9. The van der Waals surface area contributed by atoms with Crippen LogP contribution >= 0.6 is 0 Å². The monoisotopic (exact) mass is 695 g/mol. The highest BCUT2D eigenvalue weighted by molar-refractivity contribution is 6.12. The summed E-state index contributed by atoms with van der Waals surface area (Å²) in [5, 5.41) is 20.7. The van der Waals surface area contributed by atoms with Crippen LogP contribution < -0.4 is 0 Å². The Hall–Kier alpha value is -1.27. The van der Waals surface area contributed by atoms with Crippen LogP contribution in [0.5, 0.6) is 0 Å². The van der Waals surface area contributed by atoms with Gasteiger partial charge < -0.3 is 14.9 Å². The molecule has 0 radical (unpaired) electrons. The molecule has 0 aromatic heterocycles. The van der Waals surface area contributed by atoms with E-state index in [9.17, 15) is 24.6 Å². The van der Waals surface area contributed by atoms with Crippen molar-refractivity contribution in [2.75, 3.05) is 6.61 Å². The molecule has 0 heterocycles. The average molecular weight is 695 g/mol. The molecule has 0 aromatic carbocycles. The molecule has 1 atom stereocenters. The first-order chi connectivity index (χ1) is 23.9. The lowest BCUT2D eigenvalue weighted by atomic mass is 9.82. The summed E-state index contributed by atoms with van der Waals surface area (Å²) in [4.78, 5) is 39.7. The number of unbranched alkanes of at least 4 members (excludes halogenated alkanes) is 28. The van der Waals surface area contributed by atoms with Crippen LogP contribution in [-0.2, 0) is 19.1 Å². The van der Waals surface area contributed by atoms with Gasteiger partial charge >= 0.3 is 5.97 Å². The highest BCUT2D eigenvalue weighted by Crippen LogP contribution is 2.27. The maximum atomic E-state index is 13.6. The van der Waals surface area contributed by atoms with Gasteiger partial charge in [-0.25, -0.2) is 0 Å². The lowest BCUT2D eigenvalue weighted by Gasteiger charge is -2.34. The highest BCUT2D eigenvalue weighted by atomic mass is 16.6. The van der Waals surface area contributed by atoms with Gasteiger partial charge in [0.1, 0.15) is 6.10 Å². The summed E-state index contributed by atoms with van der Waals surface area (Å²) < 4.78 is 5.56. The molecule has 0 spiro atoms. The van der Waals surface area contributed by atoms with Crippen molar-refractivity contribution in [1.29, 1.82) is 0 Å². The van der Waals surface area contributed by atoms with E-state index in [-0.39, 0.29) is 19.3 Å². The zero-order chi connectivity index (χ0) is 36.3. The summed E-state index contributed by atoms with van der Waals surface area (Å²) in [6.45, 7) is 5.52. The number of carbonyl (C=O) groups is 3. The summed E-state index contributed by atoms with van der Waals surface area (Å²) in [5.74, 6) is -1.82. The molecule has 0 fully saturated rings. The van der Waals surface area contributed by atoms with E-state index in [1.165, 1.54) is 141 Å². The third-order valence-electron chi connectivity index (χ3n) is 10.2. The number of rotatable bonds is 39. The number of carbonyl (C=O) groups excluding carboxylic acids is 3. The van der Waals surface area contributed by atoms with Crippen molar-refractivity contribution in [2.45, 2.75) is 251 Å². The predicted molar refractivity (Wildman–Crippen MR) is 206 cm³/mol. The molecule has 0 rings (SSSR count). The Balaban J connectivity index is 4.49. The van der Waals surface area contributed by atoms with Crippen LogP contribution in [0.3, 0.4) is 0 Å². The minimum atomic E-state index is -2.30. The fourth-order valence-electron chi connectivity index (χ4n) is 6.96. The third kappa shape index (κ3) is 25.4. The van der Waals surface area contributed by atoms with Crippen LogP contribution in [0.4, 0.5) is 0 Å². The van der Waals surface area contributed by atoms with Crippen molar-refractivity contribution in [3.05, 3.63) is 0 Å². The van der Waals surface area contributed by atoms with Crippen molar-refractivity contribution < 1.29 is 29.3 Å². The summed E-state index contributed by atoms with van der Waals surface area (Å²) >= 11 is 0. The molecule has 0 amide bonds. The van der Waals surface area contributed by atoms with Gasteiger partial charge in [-0.3, -0.25) is 14.4 Å². The van der Waals surface area contributed by atoms with E-state index in [0.29, 0.717) is 19.3 Å². The Morgan fingerprint density at radius 1 is 0.429 bits per heavy atom. The molecule has 6 heteroatoms. The van der Waals surface area contributed by atoms with Gasteiger partial charge in [-0.2, -0.15) is 0 Å². The Labute approximate surface area is 303 Å². The molecule has 0 aliphatic carbocycles. The van der Waals surface area contributed by atoms with Crippen LogP contribution in [-0.4, -0.2) is 46.1 Å². The first kappa shape index (κ1) is 47.7. The zero-order valence-electron chi connectivity index (χ0n) is 32.9. The first-order valence-electron chi connectivity index (χ1n) is 21.5. The van der Waals surface area contributed by atoms with E-state index in [0.717, 1.165) is 38.5 Å². The molecule has 0 aliphatic rings. The number of aliphatic hydroxyl groups is 2. The molecule has 49 heavy (non-hydrogen) atoms. The van der Waals surface area contributed by atoms with Gasteiger partial charge in [0.15, 0.2) is 11.6 Å². The zero-order valence-corrected chi connectivity index (χ0v) is 32.9. The van der Waals surface area contributed by atoms with E-state index in [2.05, 4.69) is 13.8 Å². The molecule has 290 valence electrons. The lowest BCUT2D eigenvalue weighted by Crippen LogP contribution is -2.60. The van der Waals surface area contributed by atoms with E-state index in [1.807, 2.05) is 6.92 Å². The molecule has 6 nitrogen and oxygen atoms in total. The summed E-state index contributed by atoms with van der Waals surface area (Å²) in [5.41, 5.74) is -2.30. The Morgan fingerprint density at radius 3 is 0.939 bits per heavy atom. The highest BCUT2D eigenvalue weighted by Gasteiger charge is 2.53. The van der Waals surface area contributed by atoms with Gasteiger partial charge in [0, 0.05) is 19.3 Å². The van der Waals surface area contributed by atoms with Crippen LogP contribution in [0.25, 0.3) is 0 Å². The fraction of sp³-hybridized carbons (Fsp3) is 0.930. The van der Waals surface area contributed by atoms with E-state index in [1.54, 1.807) is 0 Å². The van der Waals surface area contributed by atoms with Crippen LogP contribution in [0.15, 0.2) is 0 Å². The molecule has 0 saturated heterocycles. The molecule has 0 bridgehead atoms. The van der Waals surface area contributed by atoms with Crippen molar-refractivity contribution in [1.82, 2.24) is 0 Å². The molecule has 0 aromatic rings. The predicted octanol–water partition coefficient (Wildman–Crippen LogP) is 12.1. The smallest absolute Gasteiger partial charge is 0.307 e. The van der Waals surface area contributed by atoms with Gasteiger partial charge in [0.25, 0.3) is 5.60 Å². The molecule has 1 unspecified atom stereocenters. The van der Waals surface area contributed by atoms with Crippen molar-refractivity contribution >= 4 is 17.5 Å². The summed E-state index contributed by atoms with van der Waals surface area (Å²) in [7, 11) is 0. The molecule has 0 saturated carbocycles. The number of hydrogen-bond acceptors (Lipinski definition) is 6. The molecule has 2 N–H and O–H groups in total. The van der Waals surface area contributed by atoms with Crippen LogP contribution in [0, 0.1) is 0 Å².